The van der Waals surface area contributed by atoms with Crippen LogP contribution in [0.3, 0.4) is 0 Å². The lowest BCUT2D eigenvalue weighted by molar-refractivity contribution is -0.117. The maximum absolute atomic E-state index is 13.2. The van der Waals surface area contributed by atoms with E-state index in [9.17, 15) is 14.9 Å². The van der Waals surface area contributed by atoms with Gasteiger partial charge >= 0.3 is 0 Å². The second kappa shape index (κ2) is 8.30. The van der Waals surface area contributed by atoms with E-state index in [0.29, 0.717) is 22.2 Å². The van der Waals surface area contributed by atoms with E-state index in [1.54, 1.807) is 30.3 Å². The van der Waals surface area contributed by atoms with Gasteiger partial charge in [-0.3, -0.25) is 14.5 Å². The van der Waals surface area contributed by atoms with Crippen LogP contribution in [-0.4, -0.2) is 24.1 Å². The molecule has 1 saturated heterocycles. The molecule has 0 spiro atoms. The fourth-order valence-corrected chi connectivity index (χ4v) is 4.30. The number of amides is 2. The molecular formula is C20H16ClN3O2S. The van der Waals surface area contributed by atoms with Crippen molar-refractivity contribution in [1.82, 2.24) is 5.32 Å². The van der Waals surface area contributed by atoms with Crippen molar-refractivity contribution >= 4 is 40.9 Å². The van der Waals surface area contributed by atoms with Gasteiger partial charge in [-0.1, -0.05) is 59.8 Å². The van der Waals surface area contributed by atoms with E-state index in [2.05, 4.69) is 5.32 Å². The summed E-state index contributed by atoms with van der Waals surface area (Å²) >= 11 is 7.46. The molecule has 1 fully saturated rings. The fraction of sp³-hybridized carbons (Fsp3) is 0.150. The van der Waals surface area contributed by atoms with Gasteiger partial charge in [0.1, 0.15) is 16.7 Å². The van der Waals surface area contributed by atoms with Crippen molar-refractivity contribution < 1.29 is 9.59 Å². The molecule has 0 unspecified atom stereocenters. The molecule has 2 aromatic rings. The van der Waals surface area contributed by atoms with Crippen LogP contribution in [0.4, 0.5) is 5.69 Å². The van der Waals surface area contributed by atoms with E-state index in [-0.39, 0.29) is 11.5 Å². The van der Waals surface area contributed by atoms with Gasteiger partial charge < -0.3 is 5.32 Å². The topological polar surface area (TPSA) is 73.2 Å². The Morgan fingerprint density at radius 3 is 2.52 bits per heavy atom. The second-order valence-electron chi connectivity index (χ2n) is 5.78. The van der Waals surface area contributed by atoms with Gasteiger partial charge in [-0.2, -0.15) is 5.26 Å². The van der Waals surface area contributed by atoms with Crippen molar-refractivity contribution in [2.45, 2.75) is 11.7 Å². The Hall–Kier alpha value is -2.75. The summed E-state index contributed by atoms with van der Waals surface area (Å²) in [5.41, 5.74) is 1.38. The summed E-state index contributed by atoms with van der Waals surface area (Å²) in [5, 5.41) is 12.4. The first kappa shape index (κ1) is 19.0. The van der Waals surface area contributed by atoms with E-state index >= 15 is 0 Å². The average Bonchev–Trinajstić information content (AvgIpc) is 3.00. The number of hydrogen-bond donors (Lipinski definition) is 1. The molecule has 0 saturated carbocycles. The minimum absolute atomic E-state index is 0.0821. The van der Waals surface area contributed by atoms with Crippen molar-refractivity contribution in [3.63, 3.8) is 0 Å². The highest BCUT2D eigenvalue weighted by molar-refractivity contribution is 8.05. The van der Waals surface area contributed by atoms with E-state index in [1.165, 1.54) is 23.7 Å². The molecule has 0 bridgehead atoms. The molecule has 7 heteroatoms. The molecule has 0 radical (unpaired) electrons. The van der Waals surface area contributed by atoms with Crippen molar-refractivity contribution in [3.8, 4) is 6.07 Å². The highest BCUT2D eigenvalue weighted by Gasteiger charge is 2.40. The summed E-state index contributed by atoms with van der Waals surface area (Å²) < 4.78 is 0. The predicted octanol–water partition coefficient (Wildman–Crippen LogP) is 3.51. The Bertz CT molecular complexity index is 953. The first-order valence-electron chi connectivity index (χ1n) is 8.22. The smallest absolute Gasteiger partial charge is 0.264 e. The molecule has 5 nitrogen and oxygen atoms in total. The number of carbonyl (C=O) groups excluding carboxylic acids is 2. The monoisotopic (exact) mass is 397 g/mol. The fourth-order valence-electron chi connectivity index (χ4n) is 2.79. The van der Waals surface area contributed by atoms with Gasteiger partial charge in [-0.05, 0) is 30.2 Å². The van der Waals surface area contributed by atoms with Crippen LogP contribution in [0.25, 0.3) is 0 Å². The lowest BCUT2D eigenvalue weighted by Crippen LogP contribution is -2.31. The van der Waals surface area contributed by atoms with Crippen LogP contribution < -0.4 is 10.2 Å². The summed E-state index contributed by atoms with van der Waals surface area (Å²) in [5.74, 6) is -0.704. The molecular weight excluding hydrogens is 382 g/mol. The molecule has 2 amide bonds. The first-order chi connectivity index (χ1) is 13.1. The Balaban J connectivity index is 2.05. The Morgan fingerprint density at radius 1 is 1.22 bits per heavy atom. The molecule has 27 heavy (non-hydrogen) atoms. The van der Waals surface area contributed by atoms with Gasteiger partial charge in [0.25, 0.3) is 5.91 Å². The number of likely N-dealkylation sites (N-methyl/N-ethyl adjacent to an activating group) is 1. The number of para-hydroxylation sites is 1. The van der Waals surface area contributed by atoms with Crippen molar-refractivity contribution in [2.75, 3.05) is 11.9 Å². The zero-order valence-electron chi connectivity index (χ0n) is 14.5. The van der Waals surface area contributed by atoms with Gasteiger partial charge in [0, 0.05) is 17.8 Å². The number of nitriles is 1. The Labute approximate surface area is 166 Å². The summed E-state index contributed by atoms with van der Waals surface area (Å²) in [6, 6.07) is 18.3. The van der Waals surface area contributed by atoms with E-state index in [4.69, 9.17) is 11.6 Å². The molecule has 1 N–H and O–H groups in total. The number of thioether (sulfide) groups is 1. The number of anilines is 1. The number of carbonyl (C=O) groups is 2. The number of rotatable bonds is 4. The third-order valence-corrected chi connectivity index (χ3v) is 5.74. The quantitative estimate of drug-likeness (QED) is 0.632. The molecule has 136 valence electrons. The SMILES string of the molecule is CNC(=O)/C(C#N)=C1\S[C@H](Cc2ccccc2Cl)C(=O)N1c1ccccc1. The normalized spacial score (nSPS) is 18.2. The molecule has 1 heterocycles. The molecule has 2 aromatic carbocycles. The van der Waals surface area contributed by atoms with Crippen LogP contribution in [0, 0.1) is 11.3 Å². The van der Waals surface area contributed by atoms with Gasteiger partial charge in [0.2, 0.25) is 5.91 Å². The molecule has 3 rings (SSSR count). The lowest BCUT2D eigenvalue weighted by atomic mass is 10.1. The van der Waals surface area contributed by atoms with Crippen molar-refractivity contribution in [2.24, 2.45) is 0 Å². The minimum atomic E-state index is -0.521. The average molecular weight is 398 g/mol. The van der Waals surface area contributed by atoms with Gasteiger partial charge in [-0.15, -0.1) is 0 Å². The summed E-state index contributed by atoms with van der Waals surface area (Å²) in [6.45, 7) is 0. The Morgan fingerprint density at radius 2 is 1.89 bits per heavy atom. The first-order valence-corrected chi connectivity index (χ1v) is 9.48. The highest BCUT2D eigenvalue weighted by Crippen LogP contribution is 2.42. The van der Waals surface area contributed by atoms with E-state index in [0.717, 1.165) is 5.56 Å². The predicted molar refractivity (Wildman–Crippen MR) is 107 cm³/mol. The zero-order chi connectivity index (χ0) is 19.4. The van der Waals surface area contributed by atoms with Crippen LogP contribution in [-0.2, 0) is 16.0 Å². The van der Waals surface area contributed by atoms with Crippen molar-refractivity contribution in [3.05, 3.63) is 75.8 Å². The summed E-state index contributed by atoms with van der Waals surface area (Å²) in [6.07, 6.45) is 0.405. The molecule has 0 aliphatic carbocycles. The summed E-state index contributed by atoms with van der Waals surface area (Å²) in [7, 11) is 1.45. The van der Waals surface area contributed by atoms with E-state index in [1.807, 2.05) is 30.3 Å². The standard InChI is InChI=1S/C20H16ClN3O2S/c1-23-18(25)15(12-22)20-24(14-8-3-2-4-9-14)19(26)17(27-20)11-13-7-5-6-10-16(13)21/h2-10,17H,11H2,1H3,(H,23,25)/b20-15-/t17-/m1/s1. The lowest BCUT2D eigenvalue weighted by Gasteiger charge is -2.18. The number of nitrogens with one attached hydrogen (secondary N) is 1. The van der Waals surface area contributed by atoms with Gasteiger partial charge in [0.15, 0.2) is 0 Å². The zero-order valence-corrected chi connectivity index (χ0v) is 16.1. The number of benzene rings is 2. The Kier molecular flexibility index (Phi) is 5.84. The molecule has 0 aromatic heterocycles. The molecule has 1 aliphatic rings. The number of hydrogen-bond acceptors (Lipinski definition) is 4. The number of halogens is 1. The summed E-state index contributed by atoms with van der Waals surface area (Å²) in [4.78, 5) is 26.8. The van der Waals surface area contributed by atoms with E-state index < -0.39 is 11.2 Å². The van der Waals surface area contributed by atoms with Gasteiger partial charge in [0.05, 0.1) is 5.25 Å². The van der Waals surface area contributed by atoms with Crippen LogP contribution >= 0.6 is 23.4 Å². The van der Waals surface area contributed by atoms with Crippen molar-refractivity contribution in [1.29, 1.82) is 5.26 Å². The number of nitrogens with zero attached hydrogens (tertiary/aromatic N) is 2. The van der Waals surface area contributed by atoms with Crippen LogP contribution in [0.15, 0.2) is 65.2 Å². The maximum Gasteiger partial charge on any atom is 0.264 e. The molecule has 1 aliphatic heterocycles. The van der Waals surface area contributed by atoms with Crippen LogP contribution in [0.2, 0.25) is 5.02 Å². The second-order valence-corrected chi connectivity index (χ2v) is 7.38. The largest absolute Gasteiger partial charge is 0.354 e. The molecule has 1 atom stereocenters. The third kappa shape index (κ3) is 3.85. The van der Waals surface area contributed by atoms with Gasteiger partial charge in [-0.25, -0.2) is 0 Å². The maximum atomic E-state index is 13.2. The van der Waals surface area contributed by atoms with Crippen LogP contribution in [0.5, 0.6) is 0 Å². The highest BCUT2D eigenvalue weighted by atomic mass is 35.5. The minimum Gasteiger partial charge on any atom is -0.354 e. The van der Waals surface area contributed by atoms with Crippen LogP contribution in [0.1, 0.15) is 5.56 Å². The third-order valence-electron chi connectivity index (χ3n) is 4.11.